The van der Waals surface area contributed by atoms with Gasteiger partial charge in [-0.1, -0.05) is 47.5 Å². The molecule has 0 aliphatic carbocycles. The zero-order valence-electron chi connectivity index (χ0n) is 22.1. The minimum absolute atomic E-state index is 0.00756. The fourth-order valence-electron chi connectivity index (χ4n) is 3.82. The van der Waals surface area contributed by atoms with Crippen molar-refractivity contribution in [1.82, 2.24) is 10.2 Å². The molecule has 0 aliphatic rings. The third-order valence-electron chi connectivity index (χ3n) is 5.91. The number of hydrogen-bond donors (Lipinski definition) is 1. The molecular formula is C28H31Cl2N3O5S. The molecule has 8 nitrogen and oxygen atoms in total. The fraction of sp³-hybridized carbons (Fsp3) is 0.286. The highest BCUT2D eigenvalue weighted by Gasteiger charge is 2.32. The molecule has 0 heterocycles. The van der Waals surface area contributed by atoms with Crippen LogP contribution in [0, 0.1) is 0 Å². The zero-order valence-corrected chi connectivity index (χ0v) is 24.4. The number of ether oxygens (including phenoxy) is 1. The van der Waals surface area contributed by atoms with Gasteiger partial charge in [-0.2, -0.15) is 0 Å². The van der Waals surface area contributed by atoms with E-state index in [4.69, 9.17) is 27.9 Å². The number of benzene rings is 3. The van der Waals surface area contributed by atoms with Crippen molar-refractivity contribution in [3.05, 3.63) is 88.4 Å². The maximum absolute atomic E-state index is 13.9. The lowest BCUT2D eigenvalue weighted by molar-refractivity contribution is -0.139. The van der Waals surface area contributed by atoms with Gasteiger partial charge in [0, 0.05) is 12.6 Å². The van der Waals surface area contributed by atoms with Crippen LogP contribution in [0.15, 0.2) is 77.7 Å². The van der Waals surface area contributed by atoms with E-state index in [1.807, 2.05) is 13.8 Å². The molecule has 0 saturated heterocycles. The van der Waals surface area contributed by atoms with Gasteiger partial charge in [0.15, 0.2) is 0 Å². The van der Waals surface area contributed by atoms with Gasteiger partial charge in [-0.25, -0.2) is 8.42 Å². The molecule has 0 aliphatic heterocycles. The van der Waals surface area contributed by atoms with E-state index in [1.165, 1.54) is 36.3 Å². The lowest BCUT2D eigenvalue weighted by Crippen LogP contribution is -2.52. The smallest absolute Gasteiger partial charge is 0.264 e. The predicted molar refractivity (Wildman–Crippen MR) is 154 cm³/mol. The molecule has 11 heteroatoms. The van der Waals surface area contributed by atoms with Gasteiger partial charge in [0.2, 0.25) is 11.8 Å². The van der Waals surface area contributed by atoms with Crippen LogP contribution in [0.1, 0.15) is 26.3 Å². The number of nitrogens with zero attached hydrogens (tertiary/aromatic N) is 2. The average Bonchev–Trinajstić information content (AvgIpc) is 2.91. The summed E-state index contributed by atoms with van der Waals surface area (Å²) >= 11 is 12.2. The van der Waals surface area contributed by atoms with Crippen LogP contribution < -0.4 is 14.4 Å². The van der Waals surface area contributed by atoms with Crippen LogP contribution in [0.25, 0.3) is 0 Å². The van der Waals surface area contributed by atoms with E-state index in [0.717, 1.165) is 4.31 Å². The number of para-hydroxylation sites is 1. The molecular weight excluding hydrogens is 561 g/mol. The highest BCUT2D eigenvalue weighted by molar-refractivity contribution is 7.92. The number of carbonyl (C=O) groups is 2. The molecule has 0 bridgehead atoms. The van der Waals surface area contributed by atoms with E-state index < -0.39 is 28.5 Å². The van der Waals surface area contributed by atoms with Crippen molar-refractivity contribution in [2.24, 2.45) is 0 Å². The number of amides is 2. The summed E-state index contributed by atoms with van der Waals surface area (Å²) in [4.78, 5) is 28.1. The first kappa shape index (κ1) is 30.3. The van der Waals surface area contributed by atoms with E-state index in [0.29, 0.717) is 27.0 Å². The SMILES string of the molecule is COc1ccc(S(=O)(=O)N(CC(=O)N(Cc2ccc(Cl)c(Cl)c2)C(C)C(=O)NC(C)C)c2ccccc2)cc1. The molecule has 1 atom stereocenters. The quantitative estimate of drug-likeness (QED) is 0.333. The predicted octanol–water partition coefficient (Wildman–Crippen LogP) is 5.14. The summed E-state index contributed by atoms with van der Waals surface area (Å²) in [6, 6.07) is 18.1. The number of carbonyl (C=O) groups excluding carboxylic acids is 2. The van der Waals surface area contributed by atoms with Gasteiger partial charge in [0.05, 0.1) is 27.7 Å². The van der Waals surface area contributed by atoms with Crippen LogP contribution in [-0.4, -0.2) is 50.9 Å². The van der Waals surface area contributed by atoms with Crippen molar-refractivity contribution in [3.8, 4) is 5.75 Å². The third-order valence-corrected chi connectivity index (χ3v) is 8.43. The number of sulfonamides is 1. The van der Waals surface area contributed by atoms with Crippen molar-refractivity contribution < 1.29 is 22.7 Å². The zero-order chi connectivity index (χ0) is 28.7. The monoisotopic (exact) mass is 591 g/mol. The van der Waals surface area contributed by atoms with E-state index in [9.17, 15) is 18.0 Å². The lowest BCUT2D eigenvalue weighted by atomic mass is 10.1. The van der Waals surface area contributed by atoms with Crippen molar-refractivity contribution in [3.63, 3.8) is 0 Å². The van der Waals surface area contributed by atoms with Gasteiger partial charge in [0.1, 0.15) is 18.3 Å². The van der Waals surface area contributed by atoms with Gasteiger partial charge < -0.3 is 15.0 Å². The molecule has 3 aromatic carbocycles. The van der Waals surface area contributed by atoms with Crippen LogP contribution in [0.3, 0.4) is 0 Å². The van der Waals surface area contributed by atoms with Gasteiger partial charge >= 0.3 is 0 Å². The molecule has 0 fully saturated rings. The highest BCUT2D eigenvalue weighted by atomic mass is 35.5. The topological polar surface area (TPSA) is 96.0 Å². The van der Waals surface area contributed by atoms with Gasteiger partial charge in [-0.05, 0) is 74.9 Å². The largest absolute Gasteiger partial charge is 0.497 e. The molecule has 3 aromatic rings. The summed E-state index contributed by atoms with van der Waals surface area (Å²) in [5.41, 5.74) is 0.932. The Hall–Kier alpha value is -3.27. The summed E-state index contributed by atoms with van der Waals surface area (Å²) < 4.78 is 33.7. The Bertz CT molecular complexity index is 1400. The molecule has 1 N–H and O–H groups in total. The summed E-state index contributed by atoms with van der Waals surface area (Å²) in [6.45, 7) is 4.69. The maximum atomic E-state index is 13.9. The van der Waals surface area contributed by atoms with Crippen LogP contribution >= 0.6 is 23.2 Å². The van der Waals surface area contributed by atoms with Crippen molar-refractivity contribution >= 4 is 50.7 Å². The normalized spacial score (nSPS) is 12.1. The average molecular weight is 593 g/mol. The van der Waals surface area contributed by atoms with Gasteiger partial charge in [0.25, 0.3) is 10.0 Å². The maximum Gasteiger partial charge on any atom is 0.264 e. The Morgan fingerprint density at radius 2 is 1.56 bits per heavy atom. The Balaban J connectivity index is 2.01. The Morgan fingerprint density at radius 3 is 2.13 bits per heavy atom. The second-order valence-corrected chi connectivity index (χ2v) is 11.8. The first-order valence-corrected chi connectivity index (χ1v) is 14.4. The Labute approximate surface area is 239 Å². The third kappa shape index (κ3) is 7.65. The number of anilines is 1. The number of methoxy groups -OCH3 is 1. The number of rotatable bonds is 11. The van der Waals surface area contributed by atoms with Crippen molar-refractivity contribution in [2.75, 3.05) is 18.0 Å². The van der Waals surface area contributed by atoms with E-state index in [2.05, 4.69) is 5.32 Å². The molecule has 2 amide bonds. The minimum atomic E-state index is -4.17. The van der Waals surface area contributed by atoms with Crippen LogP contribution in [-0.2, 0) is 26.2 Å². The molecule has 0 aromatic heterocycles. The van der Waals surface area contributed by atoms with E-state index in [-0.39, 0.29) is 23.4 Å². The molecule has 39 heavy (non-hydrogen) atoms. The van der Waals surface area contributed by atoms with Crippen molar-refractivity contribution in [2.45, 2.75) is 44.3 Å². The molecule has 3 rings (SSSR count). The Kier molecular flexibility index (Phi) is 10.2. The first-order chi connectivity index (χ1) is 18.4. The van der Waals surface area contributed by atoms with Gasteiger partial charge in [-0.3, -0.25) is 13.9 Å². The highest BCUT2D eigenvalue weighted by Crippen LogP contribution is 2.27. The second-order valence-electron chi connectivity index (χ2n) is 9.13. The molecule has 1 unspecified atom stereocenters. The summed E-state index contributed by atoms with van der Waals surface area (Å²) in [6.07, 6.45) is 0. The standard InChI is InChI=1S/C28H31Cl2N3O5S/c1-19(2)31-28(35)20(3)32(17-21-10-15-25(29)26(30)16-21)27(34)18-33(22-8-6-5-7-9-22)39(36,37)24-13-11-23(38-4)12-14-24/h5-16,19-20H,17-18H2,1-4H3,(H,31,35). The summed E-state index contributed by atoms with van der Waals surface area (Å²) in [5.74, 6) is -0.454. The minimum Gasteiger partial charge on any atom is -0.497 e. The molecule has 208 valence electrons. The number of nitrogens with one attached hydrogen (secondary N) is 1. The summed E-state index contributed by atoms with van der Waals surface area (Å²) in [5, 5.41) is 3.46. The van der Waals surface area contributed by atoms with Crippen molar-refractivity contribution in [1.29, 1.82) is 0 Å². The van der Waals surface area contributed by atoms with Gasteiger partial charge in [-0.15, -0.1) is 0 Å². The second kappa shape index (κ2) is 13.2. The van der Waals surface area contributed by atoms with Crippen LogP contribution in [0.4, 0.5) is 5.69 Å². The van der Waals surface area contributed by atoms with Crippen LogP contribution in [0.2, 0.25) is 10.0 Å². The molecule has 0 spiro atoms. The summed E-state index contributed by atoms with van der Waals surface area (Å²) in [7, 11) is -2.68. The fourth-order valence-corrected chi connectivity index (χ4v) is 5.56. The molecule has 0 radical (unpaired) electrons. The number of hydrogen-bond acceptors (Lipinski definition) is 5. The Morgan fingerprint density at radius 1 is 0.923 bits per heavy atom. The number of halogens is 2. The first-order valence-electron chi connectivity index (χ1n) is 12.2. The molecule has 0 saturated carbocycles. The van der Waals surface area contributed by atoms with E-state index >= 15 is 0 Å². The van der Waals surface area contributed by atoms with E-state index in [1.54, 1.807) is 55.5 Å². The lowest BCUT2D eigenvalue weighted by Gasteiger charge is -2.32. The van der Waals surface area contributed by atoms with Crippen LogP contribution in [0.5, 0.6) is 5.75 Å².